The Bertz CT molecular complexity index is 936. The van der Waals surface area contributed by atoms with Crippen molar-refractivity contribution in [3.05, 3.63) is 47.5 Å². The molecule has 2 N–H and O–H groups in total. The van der Waals surface area contributed by atoms with Gasteiger partial charge in [0.15, 0.2) is 0 Å². The van der Waals surface area contributed by atoms with Crippen LogP contribution in [0.2, 0.25) is 5.02 Å². The summed E-state index contributed by atoms with van der Waals surface area (Å²) in [7, 11) is 3.33. The van der Waals surface area contributed by atoms with Gasteiger partial charge in [-0.1, -0.05) is 23.7 Å². The molecule has 0 saturated heterocycles. The van der Waals surface area contributed by atoms with E-state index in [4.69, 9.17) is 11.6 Å². The fourth-order valence-corrected chi connectivity index (χ4v) is 4.48. The maximum Gasteiger partial charge on any atom is 0.286 e. The fourth-order valence-electron chi connectivity index (χ4n) is 2.47. The van der Waals surface area contributed by atoms with Crippen molar-refractivity contribution in [1.82, 2.24) is 4.90 Å². The summed E-state index contributed by atoms with van der Waals surface area (Å²) in [6, 6.07) is 12.3. The third-order valence-corrected chi connectivity index (χ3v) is 6.48. The van der Waals surface area contributed by atoms with E-state index in [1.54, 1.807) is 50.5 Å². The van der Waals surface area contributed by atoms with E-state index in [2.05, 4.69) is 10.6 Å². The number of thioether (sulfide) groups is 2. The average Bonchev–Trinajstić information content (AvgIpc) is 2.64. The molecule has 1 unspecified atom stereocenters. The van der Waals surface area contributed by atoms with Gasteiger partial charge in [-0.15, -0.1) is 11.8 Å². The Morgan fingerprint density at radius 3 is 2.75 bits per heavy atom. The van der Waals surface area contributed by atoms with Crippen LogP contribution in [0.1, 0.15) is 6.42 Å². The minimum atomic E-state index is -0.545. The van der Waals surface area contributed by atoms with Crippen LogP contribution in [0.4, 0.5) is 16.2 Å². The highest BCUT2D eigenvalue weighted by Crippen LogP contribution is 2.38. The van der Waals surface area contributed by atoms with E-state index in [0.29, 0.717) is 21.3 Å². The molecule has 9 heteroatoms. The molecule has 6 nitrogen and oxygen atoms in total. The average molecular weight is 436 g/mol. The SMILES string of the molecule is CN(C)C(=O)Sc1ccccc1NC(=O)CC1Sc2ccc(Cl)cc2NC1=O. The third kappa shape index (κ3) is 5.01. The van der Waals surface area contributed by atoms with Crippen LogP contribution in [0.25, 0.3) is 0 Å². The van der Waals surface area contributed by atoms with Crippen LogP contribution in [-0.4, -0.2) is 41.3 Å². The number of nitrogens with zero attached hydrogens (tertiary/aromatic N) is 1. The Balaban J connectivity index is 1.67. The quantitative estimate of drug-likeness (QED) is 0.688. The van der Waals surface area contributed by atoms with Crippen molar-refractivity contribution in [2.75, 3.05) is 24.7 Å². The van der Waals surface area contributed by atoms with E-state index in [0.717, 1.165) is 16.7 Å². The summed E-state index contributed by atoms with van der Waals surface area (Å²) in [5.74, 6) is -0.532. The summed E-state index contributed by atoms with van der Waals surface area (Å²) in [4.78, 5) is 39.8. The van der Waals surface area contributed by atoms with Gasteiger partial charge >= 0.3 is 0 Å². The van der Waals surface area contributed by atoms with Crippen molar-refractivity contribution in [3.8, 4) is 0 Å². The number of benzene rings is 2. The summed E-state index contributed by atoms with van der Waals surface area (Å²) in [6.45, 7) is 0. The van der Waals surface area contributed by atoms with Crippen LogP contribution >= 0.6 is 35.1 Å². The van der Waals surface area contributed by atoms with E-state index < -0.39 is 5.25 Å². The molecular weight excluding hydrogens is 418 g/mol. The van der Waals surface area contributed by atoms with E-state index >= 15 is 0 Å². The molecule has 2 aromatic carbocycles. The highest BCUT2D eigenvalue weighted by atomic mass is 35.5. The van der Waals surface area contributed by atoms with Gasteiger partial charge in [-0.05, 0) is 42.1 Å². The topological polar surface area (TPSA) is 78.5 Å². The Labute approximate surface area is 176 Å². The maximum atomic E-state index is 12.5. The van der Waals surface area contributed by atoms with Crippen molar-refractivity contribution in [2.24, 2.45) is 0 Å². The monoisotopic (exact) mass is 435 g/mol. The summed E-state index contributed by atoms with van der Waals surface area (Å²) >= 11 is 8.32. The first-order valence-corrected chi connectivity index (χ1v) is 10.5. The number of rotatable bonds is 4. The van der Waals surface area contributed by atoms with Gasteiger partial charge < -0.3 is 15.5 Å². The molecule has 0 bridgehead atoms. The van der Waals surface area contributed by atoms with Crippen LogP contribution in [-0.2, 0) is 9.59 Å². The Morgan fingerprint density at radius 1 is 1.25 bits per heavy atom. The molecule has 1 aliphatic heterocycles. The lowest BCUT2D eigenvalue weighted by molar-refractivity contribution is -0.120. The molecule has 0 fully saturated rings. The number of halogens is 1. The van der Waals surface area contributed by atoms with Gasteiger partial charge in [-0.25, -0.2) is 0 Å². The summed E-state index contributed by atoms with van der Waals surface area (Å²) < 4.78 is 0. The lowest BCUT2D eigenvalue weighted by Crippen LogP contribution is -2.32. The number of anilines is 2. The predicted molar refractivity (Wildman–Crippen MR) is 114 cm³/mol. The van der Waals surface area contributed by atoms with Crippen molar-refractivity contribution < 1.29 is 14.4 Å². The van der Waals surface area contributed by atoms with E-state index in [1.807, 2.05) is 6.07 Å². The molecule has 0 spiro atoms. The first-order chi connectivity index (χ1) is 13.3. The van der Waals surface area contributed by atoms with Crippen LogP contribution in [0.3, 0.4) is 0 Å². The van der Waals surface area contributed by atoms with E-state index in [1.165, 1.54) is 16.7 Å². The molecule has 1 atom stereocenters. The zero-order valence-electron chi connectivity index (χ0n) is 15.2. The van der Waals surface area contributed by atoms with Crippen molar-refractivity contribution in [3.63, 3.8) is 0 Å². The Kier molecular flexibility index (Phi) is 6.53. The highest BCUT2D eigenvalue weighted by molar-refractivity contribution is 8.13. The normalized spacial score (nSPS) is 15.4. The smallest absolute Gasteiger partial charge is 0.286 e. The van der Waals surface area contributed by atoms with E-state index in [9.17, 15) is 14.4 Å². The molecule has 146 valence electrons. The zero-order chi connectivity index (χ0) is 20.3. The van der Waals surface area contributed by atoms with Crippen molar-refractivity contribution in [2.45, 2.75) is 21.5 Å². The van der Waals surface area contributed by atoms with Gasteiger partial charge in [0.25, 0.3) is 5.24 Å². The minimum Gasteiger partial charge on any atom is -0.339 e. The molecule has 3 rings (SSSR count). The zero-order valence-corrected chi connectivity index (χ0v) is 17.6. The first-order valence-electron chi connectivity index (χ1n) is 8.38. The lowest BCUT2D eigenvalue weighted by Gasteiger charge is -2.24. The molecule has 1 heterocycles. The molecule has 2 aromatic rings. The standard InChI is InChI=1S/C19H18ClN3O3S2/c1-23(2)19(26)28-14-6-4-3-5-12(14)21-17(24)10-16-18(25)22-13-9-11(20)7-8-15(13)27-16/h3-9,16H,10H2,1-2H3,(H,21,24)(H,22,25). The predicted octanol–water partition coefficient (Wildman–Crippen LogP) is 4.56. The number of para-hydroxylation sites is 1. The molecule has 3 amide bonds. The number of fused-ring (bicyclic) bond motifs is 1. The van der Waals surface area contributed by atoms with Crippen molar-refractivity contribution >= 4 is 63.6 Å². The number of carbonyl (C=O) groups is 3. The second kappa shape index (κ2) is 8.89. The van der Waals surface area contributed by atoms with Crippen LogP contribution in [0.15, 0.2) is 52.3 Å². The molecule has 0 radical (unpaired) electrons. The molecule has 28 heavy (non-hydrogen) atoms. The third-order valence-electron chi connectivity index (χ3n) is 3.86. The van der Waals surface area contributed by atoms with Crippen LogP contribution in [0, 0.1) is 0 Å². The number of hydrogen-bond donors (Lipinski definition) is 2. The summed E-state index contributed by atoms with van der Waals surface area (Å²) in [5.41, 5.74) is 1.20. The second-order valence-electron chi connectivity index (χ2n) is 6.25. The van der Waals surface area contributed by atoms with E-state index in [-0.39, 0.29) is 23.5 Å². The molecular formula is C19H18ClN3O3S2. The Morgan fingerprint density at radius 2 is 2.00 bits per heavy atom. The molecule has 1 aliphatic rings. The number of carbonyl (C=O) groups excluding carboxylic acids is 3. The fraction of sp³-hybridized carbons (Fsp3) is 0.211. The molecule has 0 saturated carbocycles. The number of nitrogens with one attached hydrogen (secondary N) is 2. The highest BCUT2D eigenvalue weighted by Gasteiger charge is 2.29. The number of hydrogen-bond acceptors (Lipinski definition) is 5. The maximum absolute atomic E-state index is 12.5. The van der Waals surface area contributed by atoms with Gasteiger partial charge in [-0.2, -0.15) is 0 Å². The van der Waals surface area contributed by atoms with Gasteiger partial charge in [0.05, 0.1) is 16.6 Å². The van der Waals surface area contributed by atoms with Crippen molar-refractivity contribution in [1.29, 1.82) is 0 Å². The van der Waals surface area contributed by atoms with Gasteiger partial charge in [0, 0.05) is 35.3 Å². The van der Waals surface area contributed by atoms with Crippen LogP contribution in [0.5, 0.6) is 0 Å². The summed E-state index contributed by atoms with van der Waals surface area (Å²) in [6.07, 6.45) is 0.0131. The molecule has 0 aromatic heterocycles. The largest absolute Gasteiger partial charge is 0.339 e. The minimum absolute atomic E-state index is 0.0131. The summed E-state index contributed by atoms with van der Waals surface area (Å²) in [5, 5.41) is 5.46. The Hall–Kier alpha value is -2.16. The van der Waals surface area contributed by atoms with Gasteiger partial charge in [0.1, 0.15) is 0 Å². The molecule has 0 aliphatic carbocycles. The first kappa shape index (κ1) is 20.6. The number of amides is 3. The van der Waals surface area contributed by atoms with Gasteiger partial charge in [-0.3, -0.25) is 14.4 Å². The second-order valence-corrected chi connectivity index (χ2v) is 8.92. The lowest BCUT2D eigenvalue weighted by atomic mass is 10.2. The van der Waals surface area contributed by atoms with Gasteiger partial charge in [0.2, 0.25) is 11.8 Å². The van der Waals surface area contributed by atoms with Crippen LogP contribution < -0.4 is 10.6 Å².